The van der Waals surface area contributed by atoms with E-state index < -0.39 is 0 Å². The first-order chi connectivity index (χ1) is 14.2. The summed E-state index contributed by atoms with van der Waals surface area (Å²) in [5, 5.41) is 7.81. The molecule has 0 aliphatic rings. The van der Waals surface area contributed by atoms with Crippen LogP contribution in [0.25, 0.3) is 22.3 Å². The van der Waals surface area contributed by atoms with E-state index in [2.05, 4.69) is 75.0 Å². The Balaban J connectivity index is 1.56. The van der Waals surface area contributed by atoms with Crippen LogP contribution in [0.1, 0.15) is 24.1 Å². The van der Waals surface area contributed by atoms with Gasteiger partial charge in [0.25, 0.3) is 0 Å². The van der Waals surface area contributed by atoms with E-state index in [1.54, 1.807) is 6.33 Å². The third-order valence-corrected chi connectivity index (χ3v) is 4.99. The molecule has 2 aromatic carbocycles. The van der Waals surface area contributed by atoms with Gasteiger partial charge in [-0.2, -0.15) is 0 Å². The highest BCUT2D eigenvalue weighted by molar-refractivity contribution is 5.91. The van der Waals surface area contributed by atoms with E-state index in [1.807, 2.05) is 18.2 Å². The fraction of sp³-hybridized carbons (Fsp3) is 0.217. The molecule has 0 aliphatic carbocycles. The normalized spacial score (nSPS) is 12.2. The molecule has 0 radical (unpaired) electrons. The summed E-state index contributed by atoms with van der Waals surface area (Å²) in [6.07, 6.45) is 1.59. The fourth-order valence-electron chi connectivity index (χ4n) is 3.38. The Hall–Kier alpha value is -3.22. The third kappa shape index (κ3) is 4.45. The van der Waals surface area contributed by atoms with Crippen LogP contribution in [-0.4, -0.2) is 28.0 Å². The minimum Gasteiger partial charge on any atom is -0.363 e. The van der Waals surface area contributed by atoms with E-state index in [4.69, 9.17) is 5.73 Å². The summed E-state index contributed by atoms with van der Waals surface area (Å²) in [5.41, 5.74) is 10.9. The first kappa shape index (κ1) is 19.1. The monoisotopic (exact) mass is 386 g/mol. The lowest BCUT2D eigenvalue weighted by Gasteiger charge is -2.15. The van der Waals surface area contributed by atoms with Gasteiger partial charge in [0.05, 0.1) is 5.39 Å². The molecular formula is C23H26N6. The molecule has 6 heteroatoms. The van der Waals surface area contributed by atoms with Crippen molar-refractivity contribution < 1.29 is 0 Å². The lowest BCUT2D eigenvalue weighted by molar-refractivity contribution is 0.695. The second kappa shape index (κ2) is 8.86. The number of nitrogens with one attached hydrogen (secondary N) is 3. The van der Waals surface area contributed by atoms with E-state index in [-0.39, 0.29) is 6.04 Å². The first-order valence-corrected chi connectivity index (χ1v) is 9.90. The Bertz CT molecular complexity index is 1060. The Morgan fingerprint density at radius 3 is 2.59 bits per heavy atom. The van der Waals surface area contributed by atoms with Gasteiger partial charge in [0.2, 0.25) is 0 Å². The van der Waals surface area contributed by atoms with Crippen LogP contribution in [0.3, 0.4) is 0 Å². The number of aromatic nitrogens is 3. The summed E-state index contributed by atoms with van der Waals surface area (Å²) in [6, 6.07) is 21.1. The zero-order valence-corrected chi connectivity index (χ0v) is 16.5. The minimum atomic E-state index is 0.146. The second-order valence-electron chi connectivity index (χ2n) is 7.11. The van der Waals surface area contributed by atoms with Crippen molar-refractivity contribution in [2.75, 3.05) is 18.4 Å². The maximum Gasteiger partial charge on any atom is 0.143 e. The van der Waals surface area contributed by atoms with Gasteiger partial charge in [0, 0.05) is 31.4 Å². The Labute approximate surface area is 170 Å². The molecule has 0 fully saturated rings. The summed E-state index contributed by atoms with van der Waals surface area (Å²) in [7, 11) is 0. The van der Waals surface area contributed by atoms with Gasteiger partial charge in [0.15, 0.2) is 0 Å². The van der Waals surface area contributed by atoms with Gasteiger partial charge in [-0.25, -0.2) is 9.97 Å². The predicted molar refractivity (Wildman–Crippen MR) is 119 cm³/mol. The van der Waals surface area contributed by atoms with Crippen LogP contribution in [0.15, 0.2) is 67.0 Å². The molecule has 4 aromatic rings. The largest absolute Gasteiger partial charge is 0.363 e. The number of aromatic amines is 1. The Kier molecular flexibility index (Phi) is 5.84. The van der Waals surface area contributed by atoms with Crippen molar-refractivity contribution in [3.05, 3.63) is 78.1 Å². The molecule has 1 atom stereocenters. The molecule has 0 unspecified atom stereocenters. The molecular weight excluding hydrogens is 360 g/mol. The number of hydrogen-bond acceptors (Lipinski definition) is 5. The molecule has 0 amide bonds. The smallest absolute Gasteiger partial charge is 0.143 e. The number of H-pyrrole nitrogens is 1. The van der Waals surface area contributed by atoms with Gasteiger partial charge in [-0.15, -0.1) is 0 Å². The number of hydrogen-bond donors (Lipinski definition) is 4. The molecule has 2 aromatic heterocycles. The van der Waals surface area contributed by atoms with Crippen LogP contribution in [0.2, 0.25) is 0 Å². The summed E-state index contributed by atoms with van der Waals surface area (Å²) in [5.74, 6) is 0.830. The third-order valence-electron chi connectivity index (χ3n) is 4.99. The van der Waals surface area contributed by atoms with Crippen molar-refractivity contribution in [2.45, 2.75) is 19.5 Å². The van der Waals surface area contributed by atoms with E-state index >= 15 is 0 Å². The van der Waals surface area contributed by atoms with Gasteiger partial charge in [-0.05, 0) is 29.7 Å². The number of anilines is 1. The number of nitrogens with zero attached hydrogens (tertiary/aromatic N) is 2. The van der Waals surface area contributed by atoms with Crippen LogP contribution >= 0.6 is 0 Å². The standard InChI is InChI=1S/C23H26N6/c1-16(18-5-3-2-4-6-18)28-22-20-13-21(29-23(20)27-15-26-22)19-9-7-17(8-10-19)14-25-12-11-24/h2-10,13,15-16,25H,11-12,14,24H2,1H3,(H2,26,27,28,29)/t16-/m1/s1. The molecule has 2 heterocycles. The summed E-state index contributed by atoms with van der Waals surface area (Å²) in [4.78, 5) is 12.3. The minimum absolute atomic E-state index is 0.146. The second-order valence-corrected chi connectivity index (χ2v) is 7.11. The van der Waals surface area contributed by atoms with Crippen molar-refractivity contribution in [3.63, 3.8) is 0 Å². The molecule has 5 N–H and O–H groups in total. The molecule has 0 aliphatic heterocycles. The van der Waals surface area contributed by atoms with E-state index in [0.29, 0.717) is 6.54 Å². The SMILES string of the molecule is C[C@@H](Nc1ncnc2[nH]c(-c3ccc(CNCCN)cc3)cc12)c1ccccc1. The highest BCUT2D eigenvalue weighted by Gasteiger charge is 2.12. The molecule has 0 bridgehead atoms. The average molecular weight is 387 g/mol. The topological polar surface area (TPSA) is 91.6 Å². The number of benzene rings is 2. The zero-order chi connectivity index (χ0) is 20.1. The highest BCUT2D eigenvalue weighted by atomic mass is 15.1. The van der Waals surface area contributed by atoms with Gasteiger partial charge in [-0.3, -0.25) is 0 Å². The summed E-state index contributed by atoms with van der Waals surface area (Å²) in [6.45, 7) is 4.42. The van der Waals surface area contributed by atoms with Crippen LogP contribution in [-0.2, 0) is 6.54 Å². The predicted octanol–water partition coefficient (Wildman–Crippen LogP) is 3.85. The van der Waals surface area contributed by atoms with Gasteiger partial charge >= 0.3 is 0 Å². The van der Waals surface area contributed by atoms with Crippen molar-refractivity contribution in [1.29, 1.82) is 0 Å². The van der Waals surface area contributed by atoms with E-state index in [1.165, 1.54) is 11.1 Å². The molecule has 0 saturated heterocycles. The molecule has 4 rings (SSSR count). The van der Waals surface area contributed by atoms with Crippen molar-refractivity contribution >= 4 is 16.9 Å². The molecule has 0 spiro atoms. The molecule has 148 valence electrons. The zero-order valence-electron chi connectivity index (χ0n) is 16.5. The van der Waals surface area contributed by atoms with E-state index in [9.17, 15) is 0 Å². The molecule has 6 nitrogen and oxygen atoms in total. The maximum absolute atomic E-state index is 5.52. The van der Waals surface area contributed by atoms with Crippen molar-refractivity contribution in [3.8, 4) is 11.3 Å². The van der Waals surface area contributed by atoms with Crippen LogP contribution in [0, 0.1) is 0 Å². The lowest BCUT2D eigenvalue weighted by atomic mass is 10.1. The van der Waals surface area contributed by atoms with Crippen LogP contribution in [0.4, 0.5) is 5.82 Å². The average Bonchev–Trinajstić information content (AvgIpc) is 3.20. The Morgan fingerprint density at radius 1 is 1.03 bits per heavy atom. The maximum atomic E-state index is 5.52. The summed E-state index contributed by atoms with van der Waals surface area (Å²) >= 11 is 0. The van der Waals surface area contributed by atoms with Gasteiger partial charge in [0.1, 0.15) is 17.8 Å². The quantitative estimate of drug-likeness (QED) is 0.345. The molecule has 29 heavy (non-hydrogen) atoms. The number of fused-ring (bicyclic) bond motifs is 1. The van der Waals surface area contributed by atoms with Crippen LogP contribution in [0.5, 0.6) is 0 Å². The van der Waals surface area contributed by atoms with Crippen LogP contribution < -0.4 is 16.4 Å². The fourth-order valence-corrected chi connectivity index (χ4v) is 3.38. The Morgan fingerprint density at radius 2 is 1.83 bits per heavy atom. The van der Waals surface area contributed by atoms with Gasteiger partial charge < -0.3 is 21.4 Å². The van der Waals surface area contributed by atoms with Crippen molar-refractivity contribution in [1.82, 2.24) is 20.3 Å². The van der Waals surface area contributed by atoms with E-state index in [0.717, 1.165) is 41.2 Å². The number of rotatable bonds is 8. The van der Waals surface area contributed by atoms with Crippen molar-refractivity contribution in [2.24, 2.45) is 5.73 Å². The number of nitrogens with two attached hydrogens (primary N) is 1. The lowest BCUT2D eigenvalue weighted by Crippen LogP contribution is -2.21. The van der Waals surface area contributed by atoms with Gasteiger partial charge in [-0.1, -0.05) is 54.6 Å². The summed E-state index contributed by atoms with van der Waals surface area (Å²) < 4.78 is 0. The molecule has 0 saturated carbocycles. The highest BCUT2D eigenvalue weighted by Crippen LogP contribution is 2.29. The first-order valence-electron chi connectivity index (χ1n) is 9.90.